The molecule has 0 saturated heterocycles. The van der Waals surface area contributed by atoms with Gasteiger partial charge >= 0.3 is 0 Å². The Balaban J connectivity index is 3.11. The lowest BCUT2D eigenvalue weighted by Crippen LogP contribution is -2.00. The van der Waals surface area contributed by atoms with Gasteiger partial charge in [0, 0.05) is 17.0 Å². The van der Waals surface area contributed by atoms with Gasteiger partial charge in [0.2, 0.25) is 0 Å². The van der Waals surface area contributed by atoms with E-state index in [-0.39, 0.29) is 10.5 Å². The fraction of sp³-hybridized carbons (Fsp3) is 0.300. The molecule has 0 N–H and O–H groups in total. The van der Waals surface area contributed by atoms with Crippen molar-refractivity contribution >= 4 is 21.6 Å². The van der Waals surface area contributed by atoms with Crippen LogP contribution < -0.4 is 0 Å². The van der Waals surface area contributed by atoms with Crippen LogP contribution in [0.5, 0.6) is 0 Å². The first kappa shape index (κ1) is 11.7. The number of hydrogen-bond donors (Lipinski definition) is 0. The molecule has 0 spiro atoms. The lowest BCUT2D eigenvalue weighted by Gasteiger charge is -2.05. The number of nitro benzene ring substituents is 1. The minimum absolute atomic E-state index is 0.0440. The van der Waals surface area contributed by atoms with Crippen molar-refractivity contribution in [3.8, 4) is 6.07 Å². The maximum atomic E-state index is 10.5. The SMILES string of the molecule is CC(Br)Cc1ccc([N+](=O)[O-])cc1C#N. The van der Waals surface area contributed by atoms with Crippen LogP contribution in [0.1, 0.15) is 18.1 Å². The van der Waals surface area contributed by atoms with E-state index in [1.165, 1.54) is 12.1 Å². The second-order valence-electron chi connectivity index (χ2n) is 3.20. The minimum Gasteiger partial charge on any atom is -0.258 e. The van der Waals surface area contributed by atoms with Crippen LogP contribution in [0, 0.1) is 21.4 Å². The number of alkyl halides is 1. The summed E-state index contributed by atoms with van der Waals surface area (Å²) in [4.78, 5) is 10.2. The quantitative estimate of drug-likeness (QED) is 0.481. The fourth-order valence-electron chi connectivity index (χ4n) is 1.26. The van der Waals surface area contributed by atoms with Crippen molar-refractivity contribution in [2.45, 2.75) is 18.2 Å². The molecule has 0 bridgehead atoms. The normalized spacial score (nSPS) is 11.8. The van der Waals surface area contributed by atoms with Gasteiger partial charge in [0.15, 0.2) is 0 Å². The van der Waals surface area contributed by atoms with E-state index in [9.17, 15) is 10.1 Å². The summed E-state index contributed by atoms with van der Waals surface area (Å²) >= 11 is 3.38. The molecule has 0 radical (unpaired) electrons. The molecular weight excluding hydrogens is 260 g/mol. The Morgan fingerprint density at radius 2 is 2.33 bits per heavy atom. The van der Waals surface area contributed by atoms with Gasteiger partial charge in [-0.2, -0.15) is 5.26 Å². The molecule has 15 heavy (non-hydrogen) atoms. The van der Waals surface area contributed by atoms with Crippen molar-refractivity contribution < 1.29 is 4.92 Å². The third kappa shape index (κ3) is 3.03. The number of halogens is 1. The zero-order chi connectivity index (χ0) is 11.4. The van der Waals surface area contributed by atoms with Gasteiger partial charge in [0.05, 0.1) is 16.6 Å². The summed E-state index contributed by atoms with van der Waals surface area (Å²) in [5, 5.41) is 19.3. The molecule has 0 heterocycles. The molecular formula is C10H9BrN2O2. The molecule has 4 nitrogen and oxygen atoms in total. The standard InChI is InChI=1S/C10H9BrN2O2/c1-7(11)4-8-2-3-10(13(14)15)5-9(8)6-12/h2-3,5,7H,4H2,1H3. The molecule has 0 aliphatic carbocycles. The lowest BCUT2D eigenvalue weighted by molar-refractivity contribution is -0.384. The average Bonchev–Trinajstić information content (AvgIpc) is 2.17. The zero-order valence-electron chi connectivity index (χ0n) is 8.11. The Bertz CT molecular complexity index is 424. The van der Waals surface area contributed by atoms with Crippen molar-refractivity contribution in [2.24, 2.45) is 0 Å². The number of nitro groups is 1. The predicted octanol–water partition coefficient (Wildman–Crippen LogP) is 2.79. The van der Waals surface area contributed by atoms with Gasteiger partial charge in [-0.15, -0.1) is 0 Å². The van der Waals surface area contributed by atoms with Crippen molar-refractivity contribution in [1.29, 1.82) is 5.26 Å². The van der Waals surface area contributed by atoms with Crippen molar-refractivity contribution in [1.82, 2.24) is 0 Å². The van der Waals surface area contributed by atoms with Crippen molar-refractivity contribution in [3.63, 3.8) is 0 Å². The van der Waals surface area contributed by atoms with Crippen LogP contribution in [0.25, 0.3) is 0 Å². The summed E-state index contributed by atoms with van der Waals surface area (Å²) in [7, 11) is 0. The Hall–Kier alpha value is -1.41. The molecule has 1 rings (SSSR count). The molecule has 1 unspecified atom stereocenters. The summed E-state index contributed by atoms with van der Waals surface area (Å²) in [6, 6.07) is 6.34. The van der Waals surface area contributed by atoms with E-state index in [1.54, 1.807) is 6.07 Å². The molecule has 1 aromatic carbocycles. The van der Waals surface area contributed by atoms with Crippen LogP contribution in [-0.2, 0) is 6.42 Å². The highest BCUT2D eigenvalue weighted by atomic mass is 79.9. The Labute approximate surface area is 95.8 Å². The van der Waals surface area contributed by atoms with Gasteiger partial charge < -0.3 is 0 Å². The summed E-state index contributed by atoms with van der Waals surface area (Å²) < 4.78 is 0. The van der Waals surface area contributed by atoms with Crippen LogP contribution in [0.4, 0.5) is 5.69 Å². The maximum absolute atomic E-state index is 10.5. The average molecular weight is 269 g/mol. The summed E-state index contributed by atoms with van der Waals surface area (Å²) in [5.41, 5.74) is 1.15. The first-order valence-electron chi connectivity index (χ1n) is 4.36. The van der Waals surface area contributed by atoms with E-state index in [0.29, 0.717) is 12.0 Å². The molecule has 0 aliphatic rings. The first-order valence-corrected chi connectivity index (χ1v) is 5.27. The van der Waals surface area contributed by atoms with Crippen LogP contribution >= 0.6 is 15.9 Å². The van der Waals surface area contributed by atoms with Crippen molar-refractivity contribution in [2.75, 3.05) is 0 Å². The highest BCUT2D eigenvalue weighted by Gasteiger charge is 2.11. The van der Waals surface area contributed by atoms with E-state index in [4.69, 9.17) is 5.26 Å². The summed E-state index contributed by atoms with van der Waals surface area (Å²) in [6.45, 7) is 1.96. The second kappa shape index (κ2) is 4.89. The number of rotatable bonds is 3. The Morgan fingerprint density at radius 3 is 2.80 bits per heavy atom. The van der Waals surface area contributed by atoms with Gasteiger partial charge in [-0.1, -0.05) is 28.9 Å². The number of benzene rings is 1. The summed E-state index contributed by atoms with van der Waals surface area (Å²) in [6.07, 6.45) is 0.681. The molecule has 0 aliphatic heterocycles. The first-order chi connectivity index (χ1) is 7.04. The molecule has 1 aromatic rings. The van der Waals surface area contributed by atoms with Gasteiger partial charge in [0.1, 0.15) is 0 Å². The highest BCUT2D eigenvalue weighted by molar-refractivity contribution is 9.09. The molecule has 78 valence electrons. The van der Waals surface area contributed by atoms with E-state index in [2.05, 4.69) is 15.9 Å². The van der Waals surface area contributed by atoms with Gasteiger partial charge in [0.25, 0.3) is 5.69 Å². The molecule has 0 amide bonds. The van der Waals surface area contributed by atoms with E-state index in [1.807, 2.05) is 13.0 Å². The molecule has 0 aromatic heterocycles. The Morgan fingerprint density at radius 1 is 1.67 bits per heavy atom. The number of nitrogens with zero attached hydrogens (tertiary/aromatic N) is 2. The molecule has 0 fully saturated rings. The Kier molecular flexibility index (Phi) is 3.81. The van der Waals surface area contributed by atoms with E-state index in [0.717, 1.165) is 5.56 Å². The lowest BCUT2D eigenvalue weighted by atomic mass is 10.0. The molecule has 1 atom stereocenters. The maximum Gasteiger partial charge on any atom is 0.270 e. The second-order valence-corrected chi connectivity index (χ2v) is 4.76. The molecule has 0 saturated carbocycles. The largest absolute Gasteiger partial charge is 0.270 e. The van der Waals surface area contributed by atoms with Crippen LogP contribution in [0.15, 0.2) is 18.2 Å². The summed E-state index contributed by atoms with van der Waals surface area (Å²) in [5.74, 6) is 0. The van der Waals surface area contributed by atoms with Gasteiger partial charge in [-0.3, -0.25) is 10.1 Å². The van der Waals surface area contributed by atoms with Crippen LogP contribution in [-0.4, -0.2) is 9.75 Å². The minimum atomic E-state index is -0.498. The van der Waals surface area contributed by atoms with Gasteiger partial charge in [-0.05, 0) is 12.0 Å². The topological polar surface area (TPSA) is 66.9 Å². The van der Waals surface area contributed by atoms with Crippen LogP contribution in [0.2, 0.25) is 0 Å². The third-order valence-corrected chi connectivity index (χ3v) is 2.25. The predicted molar refractivity (Wildman–Crippen MR) is 59.9 cm³/mol. The van der Waals surface area contributed by atoms with Gasteiger partial charge in [-0.25, -0.2) is 0 Å². The van der Waals surface area contributed by atoms with Crippen LogP contribution in [0.3, 0.4) is 0 Å². The number of non-ortho nitro benzene ring substituents is 1. The third-order valence-electron chi connectivity index (χ3n) is 1.93. The van der Waals surface area contributed by atoms with Crippen molar-refractivity contribution in [3.05, 3.63) is 39.4 Å². The van der Waals surface area contributed by atoms with E-state index >= 15 is 0 Å². The monoisotopic (exact) mass is 268 g/mol. The highest BCUT2D eigenvalue weighted by Crippen LogP contribution is 2.19. The number of hydrogen-bond acceptors (Lipinski definition) is 3. The van der Waals surface area contributed by atoms with E-state index < -0.39 is 4.92 Å². The fourth-order valence-corrected chi connectivity index (χ4v) is 1.61. The zero-order valence-corrected chi connectivity index (χ0v) is 9.69. The molecule has 5 heteroatoms. The number of nitriles is 1. The smallest absolute Gasteiger partial charge is 0.258 e.